The summed E-state index contributed by atoms with van der Waals surface area (Å²) < 4.78 is 6.96. The normalized spacial score (nSPS) is 10.9. The third-order valence-corrected chi connectivity index (χ3v) is 4.90. The third-order valence-electron chi connectivity index (χ3n) is 4.01. The van der Waals surface area contributed by atoms with Crippen LogP contribution in [-0.2, 0) is 6.61 Å². The highest BCUT2D eigenvalue weighted by molar-refractivity contribution is 9.10. The number of para-hydroxylation sites is 1. The fourth-order valence-corrected chi connectivity index (χ4v) is 2.72. The highest BCUT2D eigenvalue weighted by Crippen LogP contribution is 2.23. The van der Waals surface area contributed by atoms with E-state index in [4.69, 9.17) is 9.84 Å². The Hall–Kier alpha value is -2.92. The topological polar surface area (TPSA) is 58.9 Å². The maximum atomic E-state index is 10.9. The van der Waals surface area contributed by atoms with Crippen molar-refractivity contribution >= 4 is 33.8 Å². The van der Waals surface area contributed by atoms with Crippen LogP contribution in [0.25, 0.3) is 0 Å². The summed E-state index contributed by atoms with van der Waals surface area (Å²) in [6.07, 6.45) is 1.78. The van der Waals surface area contributed by atoms with E-state index in [1.165, 1.54) is 0 Å². The number of aliphatic imine (C=N–C) groups is 1. The van der Waals surface area contributed by atoms with Crippen LogP contribution in [0.4, 0.5) is 5.69 Å². The average Bonchev–Trinajstić information content (AvgIpc) is 2.68. The summed E-state index contributed by atoms with van der Waals surface area (Å²) in [5.74, 6) is -0.218. The maximum absolute atomic E-state index is 10.9. The van der Waals surface area contributed by atoms with Crippen molar-refractivity contribution in [1.82, 2.24) is 0 Å². The Balaban J connectivity index is 1.72. The van der Waals surface area contributed by atoms with Crippen molar-refractivity contribution in [3.63, 3.8) is 0 Å². The smallest absolute Gasteiger partial charge is 0.335 e. The predicted octanol–water partition coefficient (Wildman–Crippen LogP) is 5.79. The zero-order valence-corrected chi connectivity index (χ0v) is 16.3. The molecule has 0 aromatic heterocycles. The first-order valence-electron chi connectivity index (χ1n) is 8.37. The van der Waals surface area contributed by atoms with Crippen molar-refractivity contribution in [2.45, 2.75) is 13.5 Å². The molecule has 0 radical (unpaired) electrons. The lowest BCUT2D eigenvalue weighted by atomic mass is 10.1. The molecule has 1 N–H and O–H groups in total. The molecule has 0 unspecified atom stereocenters. The van der Waals surface area contributed by atoms with Crippen molar-refractivity contribution < 1.29 is 14.6 Å². The maximum Gasteiger partial charge on any atom is 0.335 e. The molecule has 3 aromatic rings. The van der Waals surface area contributed by atoms with Crippen LogP contribution >= 0.6 is 15.9 Å². The van der Waals surface area contributed by atoms with Gasteiger partial charge in [0.15, 0.2) is 0 Å². The van der Waals surface area contributed by atoms with E-state index >= 15 is 0 Å². The molecule has 5 heteroatoms. The third kappa shape index (κ3) is 5.05. The van der Waals surface area contributed by atoms with Crippen LogP contribution < -0.4 is 4.74 Å². The molecule has 0 aliphatic carbocycles. The lowest BCUT2D eigenvalue weighted by Gasteiger charge is -2.09. The van der Waals surface area contributed by atoms with Gasteiger partial charge in [0.25, 0.3) is 0 Å². The summed E-state index contributed by atoms with van der Waals surface area (Å²) >= 11 is 3.49. The molecule has 0 heterocycles. The average molecular weight is 424 g/mol. The van der Waals surface area contributed by atoms with Gasteiger partial charge >= 0.3 is 5.97 Å². The van der Waals surface area contributed by atoms with Gasteiger partial charge in [0.2, 0.25) is 0 Å². The molecule has 0 spiro atoms. The van der Waals surface area contributed by atoms with E-state index in [1.54, 1.807) is 30.5 Å². The van der Waals surface area contributed by atoms with Gasteiger partial charge in [-0.3, -0.25) is 4.99 Å². The quantitative estimate of drug-likeness (QED) is 0.510. The Morgan fingerprint density at radius 3 is 2.56 bits per heavy atom. The first kappa shape index (κ1) is 18.9. The van der Waals surface area contributed by atoms with Crippen LogP contribution in [0.3, 0.4) is 0 Å². The van der Waals surface area contributed by atoms with Crippen LogP contribution in [0.15, 0.2) is 76.2 Å². The van der Waals surface area contributed by atoms with E-state index in [2.05, 4.69) is 20.9 Å². The molecular weight excluding hydrogens is 406 g/mol. The number of carbonyl (C=O) groups is 1. The van der Waals surface area contributed by atoms with Gasteiger partial charge in [-0.15, -0.1) is 0 Å². The Morgan fingerprint density at radius 1 is 1.11 bits per heavy atom. The van der Waals surface area contributed by atoms with Gasteiger partial charge in [0.05, 0.1) is 11.3 Å². The molecule has 27 heavy (non-hydrogen) atoms. The number of rotatable bonds is 6. The zero-order valence-electron chi connectivity index (χ0n) is 14.7. The largest absolute Gasteiger partial charge is 0.488 e. The van der Waals surface area contributed by atoms with Gasteiger partial charge in [-0.1, -0.05) is 40.2 Å². The van der Waals surface area contributed by atoms with Crippen LogP contribution in [0.5, 0.6) is 5.75 Å². The summed E-state index contributed by atoms with van der Waals surface area (Å²) in [6.45, 7) is 2.37. The van der Waals surface area contributed by atoms with Gasteiger partial charge < -0.3 is 9.84 Å². The molecule has 0 atom stereocenters. The van der Waals surface area contributed by atoms with Crippen molar-refractivity contribution in [2.75, 3.05) is 0 Å². The lowest BCUT2D eigenvalue weighted by molar-refractivity contribution is 0.0697. The Labute approximate surface area is 166 Å². The highest BCUT2D eigenvalue weighted by atomic mass is 79.9. The van der Waals surface area contributed by atoms with E-state index in [0.717, 1.165) is 32.6 Å². The van der Waals surface area contributed by atoms with Crippen LogP contribution in [0.1, 0.15) is 27.0 Å². The number of halogens is 1. The van der Waals surface area contributed by atoms with Crippen molar-refractivity contribution in [3.05, 3.63) is 93.5 Å². The minimum atomic E-state index is -0.938. The molecule has 0 fully saturated rings. The van der Waals surface area contributed by atoms with Crippen molar-refractivity contribution in [2.24, 2.45) is 4.99 Å². The molecule has 0 saturated carbocycles. The second kappa shape index (κ2) is 8.64. The minimum absolute atomic E-state index is 0.260. The van der Waals surface area contributed by atoms with Gasteiger partial charge in [-0.2, -0.15) is 0 Å². The first-order chi connectivity index (χ1) is 13.0. The summed E-state index contributed by atoms with van der Waals surface area (Å²) in [5, 5.41) is 8.96. The number of hydrogen-bond donors (Lipinski definition) is 1. The van der Waals surface area contributed by atoms with E-state index in [0.29, 0.717) is 6.61 Å². The fraction of sp³-hybridized carbons (Fsp3) is 0.0909. The number of nitrogens with zero attached hydrogens (tertiary/aromatic N) is 1. The molecule has 3 rings (SSSR count). The SMILES string of the molecule is Cc1cc(N=Cc2ccccc2OCc2ccc(C(=O)O)cc2)ccc1Br. The summed E-state index contributed by atoms with van der Waals surface area (Å²) in [6, 6.07) is 20.3. The number of ether oxygens (including phenoxy) is 1. The van der Waals surface area contributed by atoms with E-state index in [1.807, 2.05) is 49.4 Å². The van der Waals surface area contributed by atoms with Crippen LogP contribution in [0.2, 0.25) is 0 Å². The number of hydrogen-bond acceptors (Lipinski definition) is 3. The number of aromatic carboxylic acids is 1. The number of aryl methyl sites for hydroxylation is 1. The molecule has 3 aromatic carbocycles. The summed E-state index contributed by atoms with van der Waals surface area (Å²) in [5.41, 5.74) is 4.03. The van der Waals surface area contributed by atoms with Crippen LogP contribution in [-0.4, -0.2) is 17.3 Å². The number of carboxylic acid groups (broad SMARTS) is 1. The Kier molecular flexibility index (Phi) is 6.04. The van der Waals surface area contributed by atoms with E-state index in [9.17, 15) is 4.79 Å². The molecule has 4 nitrogen and oxygen atoms in total. The molecular formula is C22H18BrNO3. The van der Waals surface area contributed by atoms with Gasteiger partial charge in [0, 0.05) is 16.3 Å². The molecule has 0 bridgehead atoms. The summed E-state index contributed by atoms with van der Waals surface area (Å²) in [4.78, 5) is 15.5. The van der Waals surface area contributed by atoms with Gasteiger partial charge in [-0.05, 0) is 60.5 Å². The monoisotopic (exact) mass is 423 g/mol. The molecule has 0 amide bonds. The summed E-state index contributed by atoms with van der Waals surface area (Å²) in [7, 11) is 0. The van der Waals surface area contributed by atoms with Crippen molar-refractivity contribution in [3.8, 4) is 5.75 Å². The minimum Gasteiger partial charge on any atom is -0.488 e. The van der Waals surface area contributed by atoms with Gasteiger partial charge in [-0.25, -0.2) is 4.79 Å². The second-order valence-electron chi connectivity index (χ2n) is 6.02. The number of benzene rings is 3. The van der Waals surface area contributed by atoms with Crippen LogP contribution in [0, 0.1) is 6.92 Å². The Bertz CT molecular complexity index is 981. The number of carboxylic acids is 1. The fourth-order valence-electron chi connectivity index (χ4n) is 2.48. The van der Waals surface area contributed by atoms with Crippen molar-refractivity contribution in [1.29, 1.82) is 0 Å². The first-order valence-corrected chi connectivity index (χ1v) is 9.16. The Morgan fingerprint density at radius 2 is 1.85 bits per heavy atom. The molecule has 0 saturated heterocycles. The van der Waals surface area contributed by atoms with E-state index < -0.39 is 5.97 Å². The molecule has 136 valence electrons. The second-order valence-corrected chi connectivity index (χ2v) is 6.87. The molecule has 0 aliphatic rings. The van der Waals surface area contributed by atoms with E-state index in [-0.39, 0.29) is 5.56 Å². The predicted molar refractivity (Wildman–Crippen MR) is 110 cm³/mol. The highest BCUT2D eigenvalue weighted by Gasteiger charge is 2.04. The van der Waals surface area contributed by atoms with Gasteiger partial charge in [0.1, 0.15) is 12.4 Å². The lowest BCUT2D eigenvalue weighted by Crippen LogP contribution is -2.00. The molecule has 0 aliphatic heterocycles. The zero-order chi connectivity index (χ0) is 19.2. The standard InChI is InChI=1S/C22H18BrNO3/c1-15-12-19(10-11-20(15)23)24-13-18-4-2-3-5-21(18)27-14-16-6-8-17(9-7-16)22(25)26/h2-13H,14H2,1H3,(H,25,26).